The first-order chi connectivity index (χ1) is 14.5. The molecular formula is C24H22FNO4. The maximum absolute atomic E-state index is 12.9. The predicted octanol–water partition coefficient (Wildman–Crippen LogP) is 4.37. The summed E-state index contributed by atoms with van der Waals surface area (Å²) in [5, 5.41) is 2.56. The lowest BCUT2D eigenvalue weighted by atomic mass is 10.0. The van der Waals surface area contributed by atoms with Gasteiger partial charge in [-0.1, -0.05) is 48.5 Å². The van der Waals surface area contributed by atoms with Gasteiger partial charge in [0.05, 0.1) is 0 Å². The number of ether oxygens (including phenoxy) is 2. The van der Waals surface area contributed by atoms with Gasteiger partial charge in [0.2, 0.25) is 0 Å². The third kappa shape index (κ3) is 6.17. The third-order valence-electron chi connectivity index (χ3n) is 4.34. The highest BCUT2D eigenvalue weighted by molar-refractivity contribution is 5.95. The molecule has 0 saturated heterocycles. The summed E-state index contributed by atoms with van der Waals surface area (Å²) in [6.45, 7) is 1.14. The molecule has 0 aliphatic heterocycles. The zero-order valence-corrected chi connectivity index (χ0v) is 16.5. The van der Waals surface area contributed by atoms with E-state index in [2.05, 4.69) is 5.32 Å². The lowest BCUT2D eigenvalue weighted by molar-refractivity contribution is -0.155. The highest BCUT2D eigenvalue weighted by atomic mass is 19.1. The summed E-state index contributed by atoms with van der Waals surface area (Å²) >= 11 is 0. The van der Waals surface area contributed by atoms with Crippen molar-refractivity contribution < 1.29 is 23.5 Å². The third-order valence-corrected chi connectivity index (χ3v) is 4.34. The number of hydrogen-bond donors (Lipinski definition) is 1. The molecule has 5 nitrogen and oxygen atoms in total. The van der Waals surface area contributed by atoms with Crippen LogP contribution in [-0.4, -0.2) is 24.6 Å². The zero-order chi connectivity index (χ0) is 21.3. The molecule has 3 rings (SSSR count). The molecule has 1 atom stereocenters. The van der Waals surface area contributed by atoms with Crippen LogP contribution in [0.4, 0.5) is 10.1 Å². The second kappa shape index (κ2) is 10.2. The number of amides is 1. The van der Waals surface area contributed by atoms with Crippen LogP contribution in [0, 0.1) is 5.82 Å². The highest BCUT2D eigenvalue weighted by Gasteiger charge is 2.18. The molecule has 0 saturated carbocycles. The van der Waals surface area contributed by atoms with Crippen LogP contribution in [0.1, 0.15) is 18.1 Å². The van der Waals surface area contributed by atoms with Gasteiger partial charge >= 0.3 is 5.97 Å². The largest absolute Gasteiger partial charge is 0.482 e. The van der Waals surface area contributed by atoms with Gasteiger partial charge in [-0.2, -0.15) is 0 Å². The molecule has 1 N–H and O–H groups in total. The van der Waals surface area contributed by atoms with E-state index < -0.39 is 23.8 Å². The van der Waals surface area contributed by atoms with Crippen LogP contribution in [0.15, 0.2) is 78.9 Å². The number of nitrogens with one attached hydrogen (secondary N) is 1. The summed E-state index contributed by atoms with van der Waals surface area (Å²) < 4.78 is 23.7. The first kappa shape index (κ1) is 21.0. The lowest BCUT2D eigenvalue weighted by Crippen LogP contribution is -2.31. The number of benzene rings is 3. The summed E-state index contributed by atoms with van der Waals surface area (Å²) in [5.74, 6) is -0.996. The average Bonchev–Trinajstić information content (AvgIpc) is 2.75. The monoisotopic (exact) mass is 407 g/mol. The van der Waals surface area contributed by atoms with Crippen molar-refractivity contribution in [3.63, 3.8) is 0 Å². The van der Waals surface area contributed by atoms with Crippen molar-refractivity contribution >= 4 is 17.6 Å². The number of para-hydroxylation sites is 1. The average molecular weight is 407 g/mol. The number of carbonyl (C=O) groups is 2. The second-order valence-corrected chi connectivity index (χ2v) is 6.69. The molecule has 1 amide bonds. The number of rotatable bonds is 8. The minimum atomic E-state index is -1.02. The summed E-state index contributed by atoms with van der Waals surface area (Å²) in [5.41, 5.74) is 2.48. The minimum Gasteiger partial charge on any atom is -0.482 e. The maximum atomic E-state index is 12.9. The highest BCUT2D eigenvalue weighted by Crippen LogP contribution is 2.21. The molecule has 3 aromatic carbocycles. The van der Waals surface area contributed by atoms with E-state index in [1.54, 1.807) is 6.07 Å². The Morgan fingerprint density at radius 3 is 2.33 bits per heavy atom. The van der Waals surface area contributed by atoms with Gasteiger partial charge in [0.1, 0.15) is 11.6 Å². The van der Waals surface area contributed by atoms with Gasteiger partial charge in [-0.3, -0.25) is 4.79 Å². The fraction of sp³-hybridized carbons (Fsp3) is 0.167. The molecule has 0 aliphatic carbocycles. The molecule has 0 aromatic heterocycles. The number of hydrogen-bond acceptors (Lipinski definition) is 4. The van der Waals surface area contributed by atoms with Crippen LogP contribution in [0.2, 0.25) is 0 Å². The van der Waals surface area contributed by atoms with Gasteiger partial charge in [-0.25, -0.2) is 9.18 Å². The minimum absolute atomic E-state index is 0.319. The van der Waals surface area contributed by atoms with Crippen LogP contribution < -0.4 is 10.1 Å². The van der Waals surface area contributed by atoms with Gasteiger partial charge in [-0.15, -0.1) is 0 Å². The van der Waals surface area contributed by atoms with Crippen molar-refractivity contribution in [2.24, 2.45) is 0 Å². The molecule has 0 spiro atoms. The fourth-order valence-electron chi connectivity index (χ4n) is 2.80. The van der Waals surface area contributed by atoms with E-state index in [4.69, 9.17) is 9.47 Å². The van der Waals surface area contributed by atoms with E-state index in [-0.39, 0.29) is 6.61 Å². The maximum Gasteiger partial charge on any atom is 0.344 e. The van der Waals surface area contributed by atoms with Crippen LogP contribution >= 0.6 is 0 Å². The van der Waals surface area contributed by atoms with E-state index in [1.165, 1.54) is 31.2 Å². The van der Waals surface area contributed by atoms with Crippen molar-refractivity contribution in [3.05, 3.63) is 95.8 Å². The first-order valence-corrected chi connectivity index (χ1v) is 9.52. The number of carbonyl (C=O) groups excluding carboxylic acids is 2. The molecule has 0 unspecified atom stereocenters. The van der Waals surface area contributed by atoms with E-state index in [0.717, 1.165) is 11.1 Å². The van der Waals surface area contributed by atoms with E-state index in [1.807, 2.05) is 48.5 Å². The van der Waals surface area contributed by atoms with Crippen LogP contribution in [0.3, 0.4) is 0 Å². The summed E-state index contributed by atoms with van der Waals surface area (Å²) in [4.78, 5) is 24.3. The van der Waals surface area contributed by atoms with Gasteiger partial charge in [0.25, 0.3) is 5.91 Å². The molecule has 30 heavy (non-hydrogen) atoms. The normalized spacial score (nSPS) is 11.4. The molecule has 3 aromatic rings. The smallest absolute Gasteiger partial charge is 0.344 e. The Balaban J connectivity index is 1.52. The van der Waals surface area contributed by atoms with E-state index >= 15 is 0 Å². The van der Waals surface area contributed by atoms with Gasteiger partial charge in [0, 0.05) is 12.1 Å². The molecule has 0 fully saturated rings. The molecular weight excluding hydrogens is 385 g/mol. The summed E-state index contributed by atoms with van der Waals surface area (Å²) in [7, 11) is 0. The Labute approximate surface area is 174 Å². The van der Waals surface area contributed by atoms with Crippen LogP contribution in [0.5, 0.6) is 5.75 Å². The van der Waals surface area contributed by atoms with Crippen molar-refractivity contribution in [3.8, 4) is 5.75 Å². The van der Waals surface area contributed by atoms with Gasteiger partial charge in [-0.05, 0) is 48.4 Å². The predicted molar refractivity (Wildman–Crippen MR) is 112 cm³/mol. The second-order valence-electron chi connectivity index (χ2n) is 6.69. The number of halogens is 1. The SMILES string of the molecule is C[C@H](OC(=O)COc1ccccc1Cc1ccccc1)C(=O)Nc1ccc(F)cc1. The topological polar surface area (TPSA) is 64.6 Å². The number of esters is 1. The summed E-state index contributed by atoms with van der Waals surface area (Å²) in [6.07, 6.45) is -0.353. The van der Waals surface area contributed by atoms with Crippen LogP contribution in [0.25, 0.3) is 0 Å². The molecule has 154 valence electrons. The Bertz CT molecular complexity index is 990. The summed E-state index contributed by atoms with van der Waals surface area (Å²) in [6, 6.07) is 22.7. The van der Waals surface area contributed by atoms with Crippen LogP contribution in [-0.2, 0) is 20.7 Å². The quantitative estimate of drug-likeness (QED) is 0.564. The van der Waals surface area contributed by atoms with Crippen molar-refractivity contribution in [2.45, 2.75) is 19.4 Å². The Morgan fingerprint density at radius 1 is 0.933 bits per heavy atom. The van der Waals surface area contributed by atoms with Gasteiger partial charge < -0.3 is 14.8 Å². The molecule has 6 heteroatoms. The standard InChI is InChI=1S/C24H22FNO4/c1-17(24(28)26-21-13-11-20(25)12-14-21)30-23(27)16-29-22-10-6-5-9-19(22)15-18-7-3-2-4-8-18/h2-14,17H,15-16H2,1H3,(H,26,28)/t17-/m0/s1. The van der Waals surface area contributed by atoms with Gasteiger partial charge in [0.15, 0.2) is 12.7 Å². The molecule has 0 radical (unpaired) electrons. The molecule has 0 aliphatic rings. The zero-order valence-electron chi connectivity index (χ0n) is 16.5. The van der Waals surface area contributed by atoms with E-state index in [0.29, 0.717) is 17.9 Å². The Hall–Kier alpha value is -3.67. The van der Waals surface area contributed by atoms with E-state index in [9.17, 15) is 14.0 Å². The first-order valence-electron chi connectivity index (χ1n) is 9.52. The molecule has 0 bridgehead atoms. The van der Waals surface area contributed by atoms with Crippen molar-refractivity contribution in [2.75, 3.05) is 11.9 Å². The Morgan fingerprint density at radius 2 is 1.60 bits per heavy atom. The Kier molecular flexibility index (Phi) is 7.16. The van der Waals surface area contributed by atoms with Crippen molar-refractivity contribution in [1.29, 1.82) is 0 Å². The molecule has 0 heterocycles. The van der Waals surface area contributed by atoms with Crippen molar-refractivity contribution in [1.82, 2.24) is 0 Å². The fourth-order valence-corrected chi connectivity index (χ4v) is 2.80. The number of anilines is 1. The lowest BCUT2D eigenvalue weighted by Gasteiger charge is -2.15.